The molecule has 1 aromatic heterocycles. The van der Waals surface area contributed by atoms with Crippen LogP contribution in [0.5, 0.6) is 0 Å². The van der Waals surface area contributed by atoms with Crippen LogP contribution in [0.4, 0.5) is 0 Å². The number of aromatic amines is 1. The van der Waals surface area contributed by atoms with Gasteiger partial charge in [0.1, 0.15) is 0 Å². The van der Waals surface area contributed by atoms with Crippen molar-refractivity contribution in [1.29, 1.82) is 0 Å². The molecule has 0 spiro atoms. The minimum atomic E-state index is -3.62. The van der Waals surface area contributed by atoms with Crippen LogP contribution in [0.25, 0.3) is 0 Å². The number of aromatic nitrogens is 2. The first-order chi connectivity index (χ1) is 9.73. The highest BCUT2D eigenvalue weighted by Gasteiger charge is 2.26. The fourth-order valence-electron chi connectivity index (χ4n) is 1.86. The molecule has 21 heavy (non-hydrogen) atoms. The number of H-pyrrole nitrogens is 1. The number of nitrogens with one attached hydrogen (secondary N) is 3. The van der Waals surface area contributed by atoms with Crippen molar-refractivity contribution < 1.29 is 13.2 Å². The summed E-state index contributed by atoms with van der Waals surface area (Å²) < 4.78 is 32.5. The monoisotopic (exact) mass is 318 g/mol. The van der Waals surface area contributed by atoms with Gasteiger partial charge in [-0.2, -0.15) is 5.10 Å². The van der Waals surface area contributed by atoms with Crippen LogP contribution in [0.3, 0.4) is 0 Å². The second kappa shape index (κ2) is 7.35. The quantitative estimate of drug-likeness (QED) is 0.625. The van der Waals surface area contributed by atoms with E-state index in [9.17, 15) is 8.42 Å². The Morgan fingerprint density at radius 1 is 1.38 bits per heavy atom. The van der Waals surface area contributed by atoms with Crippen LogP contribution in [0, 0.1) is 12.3 Å². The molecule has 0 saturated heterocycles. The molecule has 0 amide bonds. The van der Waals surface area contributed by atoms with Crippen LogP contribution in [0.2, 0.25) is 0 Å². The number of ether oxygens (including phenoxy) is 1. The van der Waals surface area contributed by atoms with E-state index in [-0.39, 0.29) is 10.4 Å². The lowest BCUT2D eigenvalue weighted by Crippen LogP contribution is -2.35. The Kier molecular flexibility index (Phi) is 6.33. The van der Waals surface area contributed by atoms with Gasteiger partial charge < -0.3 is 10.1 Å². The van der Waals surface area contributed by atoms with Gasteiger partial charge in [0.15, 0.2) is 5.03 Å². The highest BCUT2D eigenvalue weighted by Crippen LogP contribution is 2.21. The van der Waals surface area contributed by atoms with Crippen molar-refractivity contribution in [2.75, 3.05) is 27.3 Å². The number of hydrogen-bond acceptors (Lipinski definition) is 5. The van der Waals surface area contributed by atoms with E-state index in [1.54, 1.807) is 21.1 Å². The van der Waals surface area contributed by atoms with Crippen molar-refractivity contribution in [2.24, 2.45) is 5.41 Å². The largest absolute Gasteiger partial charge is 0.385 e. The maximum atomic E-state index is 12.4. The third-order valence-corrected chi connectivity index (χ3v) is 4.74. The molecule has 0 atom stereocenters. The summed E-state index contributed by atoms with van der Waals surface area (Å²) in [7, 11) is -0.220. The second-order valence-electron chi connectivity index (χ2n) is 5.89. The Hall–Kier alpha value is -0.960. The van der Waals surface area contributed by atoms with Crippen molar-refractivity contribution in [3.05, 3.63) is 11.3 Å². The van der Waals surface area contributed by atoms with Gasteiger partial charge in [0.2, 0.25) is 0 Å². The fraction of sp³-hybridized carbons (Fsp3) is 0.769. The van der Waals surface area contributed by atoms with Gasteiger partial charge in [0.25, 0.3) is 10.0 Å². The predicted molar refractivity (Wildman–Crippen MR) is 81.6 cm³/mol. The Balaban J connectivity index is 2.83. The zero-order valence-electron chi connectivity index (χ0n) is 13.4. The first-order valence-corrected chi connectivity index (χ1v) is 8.39. The summed E-state index contributed by atoms with van der Waals surface area (Å²) in [4.78, 5) is 0. The van der Waals surface area contributed by atoms with Crippen LogP contribution < -0.4 is 10.0 Å². The molecule has 1 rings (SSSR count). The van der Waals surface area contributed by atoms with Crippen molar-refractivity contribution in [2.45, 2.75) is 38.8 Å². The third-order valence-electron chi connectivity index (χ3n) is 3.37. The van der Waals surface area contributed by atoms with E-state index in [2.05, 4.69) is 20.2 Å². The zero-order chi connectivity index (χ0) is 16.1. The minimum absolute atomic E-state index is 0.0666. The summed E-state index contributed by atoms with van der Waals surface area (Å²) >= 11 is 0. The molecule has 0 aliphatic rings. The molecule has 3 N–H and O–H groups in total. The molecular weight excluding hydrogens is 292 g/mol. The molecule has 0 bridgehead atoms. The van der Waals surface area contributed by atoms with Crippen LogP contribution >= 0.6 is 0 Å². The van der Waals surface area contributed by atoms with Crippen LogP contribution in [-0.4, -0.2) is 45.9 Å². The van der Waals surface area contributed by atoms with E-state index in [1.165, 1.54) is 0 Å². The van der Waals surface area contributed by atoms with Crippen molar-refractivity contribution in [3.8, 4) is 0 Å². The topological polar surface area (TPSA) is 96.1 Å². The van der Waals surface area contributed by atoms with E-state index in [1.807, 2.05) is 13.8 Å². The smallest absolute Gasteiger partial charge is 0.260 e. The Morgan fingerprint density at radius 3 is 2.62 bits per heavy atom. The van der Waals surface area contributed by atoms with Gasteiger partial charge in [-0.1, -0.05) is 13.8 Å². The Labute approximate surface area is 126 Å². The molecule has 0 radical (unpaired) electrons. The molecule has 7 nitrogen and oxygen atoms in total. The number of methoxy groups -OCH3 is 1. The third kappa shape index (κ3) is 5.06. The summed E-state index contributed by atoms with van der Waals surface area (Å²) in [6, 6.07) is 0. The molecule has 8 heteroatoms. The first-order valence-electron chi connectivity index (χ1n) is 6.90. The second-order valence-corrected chi connectivity index (χ2v) is 7.58. The highest BCUT2D eigenvalue weighted by atomic mass is 32.2. The normalized spacial score (nSPS) is 12.8. The molecule has 0 saturated carbocycles. The maximum absolute atomic E-state index is 12.4. The summed E-state index contributed by atoms with van der Waals surface area (Å²) in [6.07, 6.45) is 0.773. The Morgan fingerprint density at radius 2 is 2.05 bits per heavy atom. The van der Waals surface area contributed by atoms with Gasteiger partial charge >= 0.3 is 0 Å². The average molecular weight is 318 g/mol. The van der Waals surface area contributed by atoms with Crippen molar-refractivity contribution >= 4 is 10.0 Å². The van der Waals surface area contributed by atoms with Crippen molar-refractivity contribution in [1.82, 2.24) is 20.2 Å². The Bertz CT molecular complexity index is 552. The van der Waals surface area contributed by atoms with Gasteiger partial charge in [-0.25, -0.2) is 13.1 Å². The van der Waals surface area contributed by atoms with Crippen LogP contribution in [-0.2, 0) is 21.3 Å². The van der Waals surface area contributed by atoms with E-state index >= 15 is 0 Å². The van der Waals surface area contributed by atoms with E-state index < -0.39 is 10.0 Å². The zero-order valence-corrected chi connectivity index (χ0v) is 14.2. The summed E-state index contributed by atoms with van der Waals surface area (Å²) in [5, 5.41) is 9.68. The molecule has 0 fully saturated rings. The summed E-state index contributed by atoms with van der Waals surface area (Å²) in [6.45, 7) is 7.19. The minimum Gasteiger partial charge on any atom is -0.385 e. The van der Waals surface area contributed by atoms with E-state index in [4.69, 9.17) is 4.74 Å². The molecule has 0 unspecified atom stereocenters. The number of aryl methyl sites for hydroxylation is 1. The lowest BCUT2D eigenvalue weighted by molar-refractivity contribution is 0.153. The van der Waals surface area contributed by atoms with Crippen LogP contribution in [0.1, 0.15) is 31.5 Å². The van der Waals surface area contributed by atoms with Crippen LogP contribution in [0.15, 0.2) is 5.03 Å². The lowest BCUT2D eigenvalue weighted by Gasteiger charge is -2.24. The molecular formula is C13H26N4O3S. The van der Waals surface area contributed by atoms with Gasteiger partial charge in [-0.15, -0.1) is 0 Å². The summed E-state index contributed by atoms with van der Waals surface area (Å²) in [5.41, 5.74) is 1.24. The molecule has 122 valence electrons. The molecule has 1 heterocycles. The standard InChI is InChI=1S/C13H26N4O3S/c1-10-11(8-14-4)12(17-16-10)21(18,19)15-9-13(2,3)6-7-20-5/h14-15H,6-9H2,1-5H3,(H,16,17). The molecule has 0 aromatic carbocycles. The van der Waals surface area contributed by atoms with Gasteiger partial charge in [-0.05, 0) is 25.8 Å². The molecule has 0 aliphatic carbocycles. The van der Waals surface area contributed by atoms with Gasteiger partial charge in [0.05, 0.1) is 0 Å². The SMILES string of the molecule is CNCc1c(S(=O)(=O)NCC(C)(C)CCOC)n[nH]c1C. The van der Waals surface area contributed by atoms with Crippen molar-refractivity contribution in [3.63, 3.8) is 0 Å². The van der Waals surface area contributed by atoms with Gasteiger partial charge in [-0.3, -0.25) is 5.10 Å². The van der Waals surface area contributed by atoms with Gasteiger partial charge in [0, 0.05) is 38.1 Å². The fourth-order valence-corrected chi connectivity index (χ4v) is 3.30. The number of hydrogen-bond donors (Lipinski definition) is 3. The van der Waals surface area contributed by atoms with E-state index in [0.29, 0.717) is 25.3 Å². The molecule has 1 aromatic rings. The number of rotatable bonds is 9. The lowest BCUT2D eigenvalue weighted by atomic mass is 9.90. The maximum Gasteiger partial charge on any atom is 0.260 e. The predicted octanol–water partition coefficient (Wildman–Crippen LogP) is 0.779. The summed E-state index contributed by atoms with van der Waals surface area (Å²) in [5.74, 6) is 0. The first kappa shape index (κ1) is 18.1. The molecule has 0 aliphatic heterocycles. The average Bonchev–Trinajstić information content (AvgIpc) is 2.78. The highest BCUT2D eigenvalue weighted by molar-refractivity contribution is 7.89. The number of sulfonamides is 1. The van der Waals surface area contributed by atoms with E-state index in [0.717, 1.165) is 12.1 Å². The number of nitrogens with zero attached hydrogens (tertiary/aromatic N) is 1.